The number of nitrogens with zero attached hydrogens (tertiary/aromatic N) is 4. The zero-order valence-electron chi connectivity index (χ0n) is 12.8. The van der Waals surface area contributed by atoms with Gasteiger partial charge in [-0.25, -0.2) is 4.98 Å². The van der Waals surface area contributed by atoms with Gasteiger partial charge in [-0.1, -0.05) is 18.2 Å². The minimum atomic E-state index is -0.401. The molecular weight excluding hydrogens is 306 g/mol. The molecule has 7 nitrogen and oxygen atoms in total. The van der Waals surface area contributed by atoms with Crippen LogP contribution in [0.5, 0.6) is 5.75 Å². The zero-order valence-corrected chi connectivity index (χ0v) is 12.8. The quantitative estimate of drug-likeness (QED) is 0.797. The predicted molar refractivity (Wildman–Crippen MR) is 87.0 cm³/mol. The molecule has 1 aromatic carbocycles. The molecule has 0 aliphatic carbocycles. The summed E-state index contributed by atoms with van der Waals surface area (Å²) in [5.74, 6) is 0.792. The Balaban J connectivity index is 2.00. The summed E-state index contributed by atoms with van der Waals surface area (Å²) in [4.78, 5) is 16.8. The molecule has 7 heteroatoms. The van der Waals surface area contributed by atoms with Gasteiger partial charge in [0.25, 0.3) is 5.91 Å². The lowest BCUT2D eigenvalue weighted by Crippen LogP contribution is -2.17. The fraction of sp³-hybridized carbons (Fsp3) is 0.0588. The lowest BCUT2D eigenvalue weighted by molar-refractivity contribution is 0.102. The first kappa shape index (κ1) is 15.2. The molecule has 118 valence electrons. The van der Waals surface area contributed by atoms with Crippen LogP contribution in [0.1, 0.15) is 15.9 Å². The van der Waals surface area contributed by atoms with E-state index in [9.17, 15) is 10.1 Å². The largest absolute Gasteiger partial charge is 0.496 e. The van der Waals surface area contributed by atoms with Crippen LogP contribution in [0.4, 0.5) is 5.82 Å². The number of nitriles is 1. The molecule has 0 aliphatic rings. The average molecular weight is 319 g/mol. The zero-order chi connectivity index (χ0) is 16.9. The van der Waals surface area contributed by atoms with E-state index >= 15 is 0 Å². The molecule has 0 atom stereocenters. The molecule has 0 spiro atoms. The van der Waals surface area contributed by atoms with E-state index in [0.29, 0.717) is 17.1 Å². The normalized spacial score (nSPS) is 10.0. The second-order valence-electron chi connectivity index (χ2n) is 4.77. The first-order valence-corrected chi connectivity index (χ1v) is 7.08. The number of hydrogen-bond acceptors (Lipinski definition) is 5. The van der Waals surface area contributed by atoms with E-state index in [0.717, 1.165) is 0 Å². The Hall–Kier alpha value is -3.66. The topological polar surface area (TPSA) is 92.8 Å². The van der Waals surface area contributed by atoms with Crippen molar-refractivity contribution in [2.75, 3.05) is 12.4 Å². The highest BCUT2D eigenvalue weighted by Gasteiger charge is 2.18. The molecule has 0 saturated carbocycles. The summed E-state index contributed by atoms with van der Waals surface area (Å²) in [5, 5.41) is 16.1. The molecule has 0 bridgehead atoms. The highest BCUT2D eigenvalue weighted by molar-refractivity contribution is 6.06. The van der Waals surface area contributed by atoms with Crippen molar-refractivity contribution in [3.05, 3.63) is 66.0 Å². The van der Waals surface area contributed by atoms with Gasteiger partial charge in [-0.2, -0.15) is 15.0 Å². The van der Waals surface area contributed by atoms with Gasteiger partial charge in [0.1, 0.15) is 17.4 Å². The van der Waals surface area contributed by atoms with Crippen LogP contribution in [0.3, 0.4) is 0 Å². The van der Waals surface area contributed by atoms with E-state index < -0.39 is 5.91 Å². The summed E-state index contributed by atoms with van der Waals surface area (Å²) in [6.07, 6.45) is 2.99. The molecule has 1 amide bonds. The third-order valence-corrected chi connectivity index (χ3v) is 3.34. The number of carbonyl (C=O) groups excluding carboxylic acids is 1. The van der Waals surface area contributed by atoms with Crippen LogP contribution in [0.2, 0.25) is 0 Å². The van der Waals surface area contributed by atoms with Crippen LogP contribution < -0.4 is 10.1 Å². The number of anilines is 1. The number of hydrogen-bond donors (Lipinski definition) is 1. The van der Waals surface area contributed by atoms with Crippen molar-refractivity contribution < 1.29 is 9.53 Å². The van der Waals surface area contributed by atoms with Crippen LogP contribution in [0, 0.1) is 11.3 Å². The first-order valence-electron chi connectivity index (χ1n) is 7.08. The number of benzene rings is 1. The van der Waals surface area contributed by atoms with Gasteiger partial charge in [0, 0.05) is 6.20 Å². The van der Waals surface area contributed by atoms with Crippen molar-refractivity contribution in [1.82, 2.24) is 14.8 Å². The molecule has 0 saturated heterocycles. The third-order valence-electron chi connectivity index (χ3n) is 3.34. The molecule has 0 radical (unpaired) electrons. The second kappa shape index (κ2) is 6.62. The van der Waals surface area contributed by atoms with Gasteiger partial charge in [-0.15, -0.1) is 0 Å². The third kappa shape index (κ3) is 2.80. The summed E-state index contributed by atoms with van der Waals surface area (Å²) in [6, 6.07) is 14.1. The lowest BCUT2D eigenvalue weighted by atomic mass is 10.2. The Morgan fingerprint density at radius 3 is 2.75 bits per heavy atom. The monoisotopic (exact) mass is 319 g/mol. The SMILES string of the molecule is COc1ccccc1C(=O)Nc1c(C#N)cnn1-c1ccccn1. The van der Waals surface area contributed by atoms with Crippen LogP contribution >= 0.6 is 0 Å². The van der Waals surface area contributed by atoms with E-state index in [-0.39, 0.29) is 11.4 Å². The molecule has 24 heavy (non-hydrogen) atoms. The average Bonchev–Trinajstić information content (AvgIpc) is 3.04. The minimum absolute atomic E-state index is 0.240. The number of para-hydroxylation sites is 1. The van der Waals surface area contributed by atoms with Crippen molar-refractivity contribution in [3.8, 4) is 17.6 Å². The van der Waals surface area contributed by atoms with Gasteiger partial charge >= 0.3 is 0 Å². The summed E-state index contributed by atoms with van der Waals surface area (Å²) in [7, 11) is 1.49. The highest BCUT2D eigenvalue weighted by atomic mass is 16.5. The van der Waals surface area contributed by atoms with Crippen LogP contribution in [-0.4, -0.2) is 27.8 Å². The van der Waals surface area contributed by atoms with E-state index in [1.165, 1.54) is 18.0 Å². The number of aromatic nitrogens is 3. The van der Waals surface area contributed by atoms with Crippen molar-refractivity contribution in [3.63, 3.8) is 0 Å². The number of rotatable bonds is 4. The first-order chi connectivity index (χ1) is 11.7. The molecule has 1 N–H and O–H groups in total. The van der Waals surface area contributed by atoms with E-state index in [1.54, 1.807) is 48.7 Å². The van der Waals surface area contributed by atoms with Gasteiger partial charge < -0.3 is 10.1 Å². The standard InChI is InChI=1S/C17H13N5O2/c1-24-14-7-3-2-6-13(14)17(23)21-16-12(10-18)11-20-22(16)15-8-4-5-9-19-15/h2-9,11H,1H3,(H,21,23). The molecule has 3 aromatic rings. The van der Waals surface area contributed by atoms with Crippen LogP contribution in [0.15, 0.2) is 54.9 Å². The van der Waals surface area contributed by atoms with Gasteiger partial charge in [-0.3, -0.25) is 4.79 Å². The number of pyridine rings is 1. The summed E-state index contributed by atoms with van der Waals surface area (Å²) < 4.78 is 6.61. The highest BCUT2D eigenvalue weighted by Crippen LogP contribution is 2.22. The maximum atomic E-state index is 12.6. The molecule has 3 rings (SSSR count). The molecule has 2 aromatic heterocycles. The number of nitrogens with one attached hydrogen (secondary N) is 1. The Morgan fingerprint density at radius 2 is 2.04 bits per heavy atom. The fourth-order valence-corrected chi connectivity index (χ4v) is 2.21. The minimum Gasteiger partial charge on any atom is -0.496 e. The maximum absolute atomic E-state index is 12.6. The number of methoxy groups -OCH3 is 1. The Kier molecular flexibility index (Phi) is 4.21. The fourth-order valence-electron chi connectivity index (χ4n) is 2.21. The van der Waals surface area contributed by atoms with Crippen LogP contribution in [0.25, 0.3) is 5.82 Å². The molecule has 0 fully saturated rings. The second-order valence-corrected chi connectivity index (χ2v) is 4.77. The molecular formula is C17H13N5O2. The lowest BCUT2D eigenvalue weighted by Gasteiger charge is -2.11. The molecule has 2 heterocycles. The predicted octanol–water partition coefficient (Wildman–Crippen LogP) is 2.40. The van der Waals surface area contributed by atoms with Crippen molar-refractivity contribution in [1.29, 1.82) is 5.26 Å². The van der Waals surface area contributed by atoms with Gasteiger partial charge in [0.05, 0.1) is 18.9 Å². The van der Waals surface area contributed by atoms with Crippen molar-refractivity contribution in [2.24, 2.45) is 0 Å². The Morgan fingerprint density at radius 1 is 1.25 bits per heavy atom. The van der Waals surface area contributed by atoms with Gasteiger partial charge in [0.2, 0.25) is 0 Å². The number of carbonyl (C=O) groups is 1. The van der Waals surface area contributed by atoms with Crippen LogP contribution in [-0.2, 0) is 0 Å². The summed E-state index contributed by atoms with van der Waals surface area (Å²) in [6.45, 7) is 0. The Labute approximate surface area is 138 Å². The smallest absolute Gasteiger partial charge is 0.260 e. The molecule has 0 unspecified atom stereocenters. The summed E-state index contributed by atoms with van der Waals surface area (Å²) >= 11 is 0. The summed E-state index contributed by atoms with van der Waals surface area (Å²) in [5.41, 5.74) is 0.599. The maximum Gasteiger partial charge on any atom is 0.260 e. The Bertz CT molecular complexity index is 912. The van der Waals surface area contributed by atoms with E-state index in [4.69, 9.17) is 4.74 Å². The van der Waals surface area contributed by atoms with E-state index in [2.05, 4.69) is 15.4 Å². The number of amides is 1. The van der Waals surface area contributed by atoms with Crippen molar-refractivity contribution >= 4 is 11.7 Å². The van der Waals surface area contributed by atoms with Gasteiger partial charge in [-0.05, 0) is 24.3 Å². The van der Waals surface area contributed by atoms with E-state index in [1.807, 2.05) is 6.07 Å². The van der Waals surface area contributed by atoms with Gasteiger partial charge in [0.15, 0.2) is 11.6 Å². The molecule has 0 aliphatic heterocycles. The number of ether oxygens (including phenoxy) is 1. The van der Waals surface area contributed by atoms with Crippen molar-refractivity contribution in [2.45, 2.75) is 0 Å².